The lowest BCUT2D eigenvalue weighted by Gasteiger charge is -2.37. The Labute approximate surface area is 177 Å². The van der Waals surface area contributed by atoms with Crippen molar-refractivity contribution in [1.82, 2.24) is 15.0 Å². The van der Waals surface area contributed by atoms with Gasteiger partial charge in [-0.1, -0.05) is 44.2 Å². The minimum Gasteiger partial charge on any atom is -0.369 e. The Hall–Kier alpha value is -3.34. The maximum absolute atomic E-state index is 4.82. The molecule has 2 atom stereocenters. The Balaban J connectivity index is 1.45. The van der Waals surface area contributed by atoms with Crippen LogP contribution in [0.3, 0.4) is 0 Å². The van der Waals surface area contributed by atoms with Crippen LogP contribution in [-0.2, 0) is 0 Å². The number of hydrogen-bond acceptors (Lipinski definition) is 4. The standard InChI is InChI=1S/C25H27N5/c1-17-13-18(2)16-30(15-17)24-10-6-5-9-23(24)29-25-26-12-11-22(28-25)20-14-27-21-8-4-3-7-19(20)21/h3-12,14,17-18,27H,13,15-16H2,1-2H3,(H,26,28,29). The van der Waals surface area contributed by atoms with Crippen LogP contribution in [0.5, 0.6) is 0 Å². The highest BCUT2D eigenvalue weighted by Gasteiger charge is 2.23. The van der Waals surface area contributed by atoms with Crippen molar-refractivity contribution < 1.29 is 0 Å². The highest BCUT2D eigenvalue weighted by atomic mass is 15.2. The molecule has 5 rings (SSSR count). The fourth-order valence-corrected chi connectivity index (χ4v) is 4.69. The van der Waals surface area contributed by atoms with Gasteiger partial charge in [0.05, 0.1) is 17.1 Å². The van der Waals surface area contributed by atoms with E-state index in [2.05, 4.69) is 76.5 Å². The van der Waals surface area contributed by atoms with Crippen LogP contribution in [0.15, 0.2) is 67.0 Å². The number of fused-ring (bicyclic) bond motifs is 1. The molecule has 1 fully saturated rings. The summed E-state index contributed by atoms with van der Waals surface area (Å²) in [4.78, 5) is 15.1. The summed E-state index contributed by atoms with van der Waals surface area (Å²) in [5.74, 6) is 2.01. The van der Waals surface area contributed by atoms with E-state index in [1.165, 1.54) is 17.5 Å². The molecular formula is C25H27N5. The third-order valence-corrected chi connectivity index (χ3v) is 5.88. The maximum Gasteiger partial charge on any atom is 0.227 e. The Morgan fingerprint density at radius 2 is 1.73 bits per heavy atom. The van der Waals surface area contributed by atoms with Crippen molar-refractivity contribution in [3.8, 4) is 11.3 Å². The maximum atomic E-state index is 4.82. The van der Waals surface area contributed by atoms with Crippen LogP contribution < -0.4 is 10.2 Å². The SMILES string of the molecule is CC1CC(C)CN(c2ccccc2Nc2nccc(-c3c[nH]c4ccccc34)n2)C1. The number of hydrogen-bond donors (Lipinski definition) is 2. The number of anilines is 3. The van der Waals surface area contributed by atoms with E-state index in [1.54, 1.807) is 0 Å². The smallest absolute Gasteiger partial charge is 0.227 e. The third-order valence-electron chi connectivity index (χ3n) is 5.88. The average molecular weight is 398 g/mol. The number of piperidine rings is 1. The molecular weight excluding hydrogens is 370 g/mol. The number of aromatic nitrogens is 3. The number of rotatable bonds is 4. The second-order valence-corrected chi connectivity index (χ2v) is 8.51. The molecule has 1 aliphatic heterocycles. The lowest BCUT2D eigenvalue weighted by atomic mass is 9.91. The van der Waals surface area contributed by atoms with E-state index in [0.29, 0.717) is 17.8 Å². The molecule has 0 bridgehead atoms. The summed E-state index contributed by atoms with van der Waals surface area (Å²) in [6, 6.07) is 18.7. The van der Waals surface area contributed by atoms with Gasteiger partial charge in [0.1, 0.15) is 0 Å². The van der Waals surface area contributed by atoms with Gasteiger partial charge in [0.25, 0.3) is 0 Å². The van der Waals surface area contributed by atoms with Crippen molar-refractivity contribution in [3.05, 3.63) is 67.0 Å². The molecule has 1 saturated heterocycles. The van der Waals surface area contributed by atoms with E-state index >= 15 is 0 Å². The molecule has 0 radical (unpaired) electrons. The van der Waals surface area contributed by atoms with Gasteiger partial charge in [-0.05, 0) is 42.5 Å². The fourth-order valence-electron chi connectivity index (χ4n) is 4.69. The molecule has 3 heterocycles. The minimum absolute atomic E-state index is 0.614. The molecule has 0 spiro atoms. The first-order valence-electron chi connectivity index (χ1n) is 10.7. The zero-order chi connectivity index (χ0) is 20.5. The molecule has 2 N–H and O–H groups in total. The molecule has 2 aromatic heterocycles. The molecule has 4 aromatic rings. The molecule has 0 aliphatic carbocycles. The summed E-state index contributed by atoms with van der Waals surface area (Å²) >= 11 is 0. The monoisotopic (exact) mass is 397 g/mol. The largest absolute Gasteiger partial charge is 0.369 e. The molecule has 5 heteroatoms. The van der Waals surface area contributed by atoms with Crippen LogP contribution in [0.1, 0.15) is 20.3 Å². The van der Waals surface area contributed by atoms with Gasteiger partial charge in [-0.25, -0.2) is 9.97 Å². The van der Waals surface area contributed by atoms with Crippen molar-refractivity contribution in [2.24, 2.45) is 11.8 Å². The molecule has 2 aromatic carbocycles. The number of para-hydroxylation sites is 3. The predicted molar refractivity (Wildman–Crippen MR) is 124 cm³/mol. The van der Waals surface area contributed by atoms with E-state index in [0.717, 1.165) is 35.6 Å². The first kappa shape index (κ1) is 18.7. The van der Waals surface area contributed by atoms with Crippen LogP contribution in [-0.4, -0.2) is 28.0 Å². The van der Waals surface area contributed by atoms with E-state index in [-0.39, 0.29) is 0 Å². The zero-order valence-corrected chi connectivity index (χ0v) is 17.5. The van der Waals surface area contributed by atoms with Gasteiger partial charge in [0.2, 0.25) is 5.95 Å². The van der Waals surface area contributed by atoms with Crippen LogP contribution in [0.25, 0.3) is 22.2 Å². The quantitative estimate of drug-likeness (QED) is 0.453. The number of aromatic amines is 1. The van der Waals surface area contributed by atoms with Crippen molar-refractivity contribution in [3.63, 3.8) is 0 Å². The van der Waals surface area contributed by atoms with Crippen molar-refractivity contribution >= 4 is 28.2 Å². The van der Waals surface area contributed by atoms with Gasteiger partial charge in [-0.15, -0.1) is 0 Å². The van der Waals surface area contributed by atoms with Crippen LogP contribution in [0.4, 0.5) is 17.3 Å². The number of H-pyrrole nitrogens is 1. The summed E-state index contributed by atoms with van der Waals surface area (Å²) in [5, 5.41) is 4.64. The van der Waals surface area contributed by atoms with Crippen LogP contribution in [0, 0.1) is 11.8 Å². The average Bonchev–Trinajstić information content (AvgIpc) is 3.18. The summed E-state index contributed by atoms with van der Waals surface area (Å²) in [5.41, 5.74) is 5.37. The number of benzene rings is 2. The second-order valence-electron chi connectivity index (χ2n) is 8.51. The third kappa shape index (κ3) is 3.63. The van der Waals surface area contributed by atoms with E-state index in [9.17, 15) is 0 Å². The normalized spacial score (nSPS) is 19.2. The fraction of sp³-hybridized carbons (Fsp3) is 0.280. The topological polar surface area (TPSA) is 56.8 Å². The van der Waals surface area contributed by atoms with Gasteiger partial charge in [0, 0.05) is 41.9 Å². The highest BCUT2D eigenvalue weighted by molar-refractivity contribution is 5.94. The van der Waals surface area contributed by atoms with Gasteiger partial charge < -0.3 is 15.2 Å². The second kappa shape index (κ2) is 7.82. The Morgan fingerprint density at radius 3 is 2.60 bits per heavy atom. The Morgan fingerprint density at radius 1 is 0.967 bits per heavy atom. The molecule has 0 amide bonds. The van der Waals surface area contributed by atoms with Gasteiger partial charge >= 0.3 is 0 Å². The summed E-state index contributed by atoms with van der Waals surface area (Å²) in [7, 11) is 0. The van der Waals surface area contributed by atoms with Crippen molar-refractivity contribution in [2.75, 3.05) is 23.3 Å². The lowest BCUT2D eigenvalue weighted by Crippen LogP contribution is -2.39. The predicted octanol–water partition coefficient (Wildman–Crippen LogP) is 5.85. The van der Waals surface area contributed by atoms with Crippen LogP contribution in [0.2, 0.25) is 0 Å². The zero-order valence-electron chi connectivity index (χ0n) is 17.5. The van der Waals surface area contributed by atoms with E-state index in [1.807, 2.05) is 24.5 Å². The highest BCUT2D eigenvalue weighted by Crippen LogP contribution is 2.33. The van der Waals surface area contributed by atoms with E-state index < -0.39 is 0 Å². The summed E-state index contributed by atoms with van der Waals surface area (Å²) in [6.45, 7) is 6.84. The molecule has 152 valence electrons. The molecule has 1 aliphatic rings. The molecule has 30 heavy (non-hydrogen) atoms. The van der Waals surface area contributed by atoms with Crippen LogP contribution >= 0.6 is 0 Å². The summed E-state index contributed by atoms with van der Waals surface area (Å²) in [6.07, 6.45) is 5.13. The van der Waals surface area contributed by atoms with E-state index in [4.69, 9.17) is 4.98 Å². The van der Waals surface area contributed by atoms with Gasteiger partial charge in [-0.2, -0.15) is 0 Å². The molecule has 5 nitrogen and oxygen atoms in total. The molecule has 0 saturated carbocycles. The lowest BCUT2D eigenvalue weighted by molar-refractivity contribution is 0.357. The summed E-state index contributed by atoms with van der Waals surface area (Å²) < 4.78 is 0. The first-order valence-corrected chi connectivity index (χ1v) is 10.7. The van der Waals surface area contributed by atoms with Crippen molar-refractivity contribution in [1.29, 1.82) is 0 Å². The van der Waals surface area contributed by atoms with Gasteiger partial charge in [-0.3, -0.25) is 0 Å². The van der Waals surface area contributed by atoms with Crippen molar-refractivity contribution in [2.45, 2.75) is 20.3 Å². The first-order chi connectivity index (χ1) is 14.7. The van der Waals surface area contributed by atoms with Gasteiger partial charge in [0.15, 0.2) is 0 Å². The number of nitrogens with one attached hydrogen (secondary N) is 2. The Bertz CT molecular complexity index is 1150. The Kier molecular flexibility index (Phi) is 4.87. The minimum atomic E-state index is 0.614. The molecule has 2 unspecified atom stereocenters. The number of nitrogens with zero attached hydrogens (tertiary/aromatic N) is 3.